The summed E-state index contributed by atoms with van der Waals surface area (Å²) in [4.78, 5) is 4.19. The molecule has 0 unspecified atom stereocenters. The average Bonchev–Trinajstić information content (AvgIpc) is 2.77. The van der Waals surface area contributed by atoms with Crippen LogP contribution in [0.4, 0.5) is 8.78 Å². The molecule has 0 aliphatic heterocycles. The second-order valence-corrected chi connectivity index (χ2v) is 4.59. The van der Waals surface area contributed by atoms with Crippen molar-refractivity contribution in [2.24, 2.45) is 0 Å². The Kier molecular flexibility index (Phi) is 2.68. The van der Waals surface area contributed by atoms with E-state index in [0.29, 0.717) is 5.19 Å². The predicted molar refractivity (Wildman–Crippen MR) is 66.1 cm³/mol. The molecule has 1 aromatic heterocycles. The molecular weight excluding hydrogens is 256 g/mol. The number of halogens is 2. The number of hydrogen-bond donors (Lipinski definition) is 0. The van der Waals surface area contributed by atoms with Crippen molar-refractivity contribution in [1.29, 1.82) is 0 Å². The van der Waals surface area contributed by atoms with Crippen LogP contribution in [-0.2, 0) is 0 Å². The van der Waals surface area contributed by atoms with Crippen molar-refractivity contribution in [1.82, 2.24) is 4.98 Å². The Morgan fingerprint density at radius 2 is 1.83 bits per heavy atom. The van der Waals surface area contributed by atoms with E-state index in [-0.39, 0.29) is 5.75 Å². The zero-order valence-electron chi connectivity index (χ0n) is 9.06. The maximum absolute atomic E-state index is 13.4. The number of hydrogen-bond acceptors (Lipinski definition) is 3. The van der Waals surface area contributed by atoms with E-state index in [0.717, 1.165) is 16.3 Å². The number of para-hydroxylation sites is 1. The van der Waals surface area contributed by atoms with Crippen LogP contribution in [-0.4, -0.2) is 4.98 Å². The van der Waals surface area contributed by atoms with Crippen molar-refractivity contribution >= 4 is 21.6 Å². The number of fused-ring (bicyclic) bond motifs is 1. The Bertz CT molecular complexity index is 678. The average molecular weight is 263 g/mol. The lowest BCUT2D eigenvalue weighted by atomic mass is 10.3. The van der Waals surface area contributed by atoms with Gasteiger partial charge >= 0.3 is 0 Å². The van der Waals surface area contributed by atoms with E-state index >= 15 is 0 Å². The van der Waals surface area contributed by atoms with Gasteiger partial charge in [0.2, 0.25) is 5.82 Å². The van der Waals surface area contributed by atoms with Gasteiger partial charge in [0.25, 0.3) is 5.19 Å². The Labute approximate surface area is 105 Å². The number of ether oxygens (including phenoxy) is 1. The molecule has 3 rings (SSSR count). The van der Waals surface area contributed by atoms with E-state index in [1.54, 1.807) is 0 Å². The van der Waals surface area contributed by atoms with Crippen LogP contribution in [0.3, 0.4) is 0 Å². The lowest BCUT2D eigenvalue weighted by Gasteiger charge is -2.02. The first-order valence-electron chi connectivity index (χ1n) is 5.21. The fraction of sp³-hybridized carbons (Fsp3) is 0. The lowest BCUT2D eigenvalue weighted by Crippen LogP contribution is -1.90. The van der Waals surface area contributed by atoms with E-state index in [2.05, 4.69) is 4.98 Å². The molecule has 0 amide bonds. The molecule has 0 saturated carbocycles. The van der Waals surface area contributed by atoms with Crippen molar-refractivity contribution < 1.29 is 13.5 Å². The van der Waals surface area contributed by atoms with Crippen LogP contribution in [0.5, 0.6) is 10.9 Å². The van der Waals surface area contributed by atoms with Crippen molar-refractivity contribution in [3.05, 3.63) is 54.1 Å². The van der Waals surface area contributed by atoms with Gasteiger partial charge in [-0.1, -0.05) is 29.5 Å². The molecule has 0 aliphatic carbocycles. The molecule has 0 saturated heterocycles. The molecule has 0 aliphatic rings. The molecule has 2 nitrogen and oxygen atoms in total. The zero-order valence-corrected chi connectivity index (χ0v) is 9.88. The summed E-state index contributed by atoms with van der Waals surface area (Å²) in [5, 5.41) is 0.292. The van der Waals surface area contributed by atoms with Crippen LogP contribution in [0.2, 0.25) is 0 Å². The summed E-state index contributed by atoms with van der Waals surface area (Å²) in [5.74, 6) is -2.10. The SMILES string of the molecule is Fc1cccc(Oc2nc3ccccc3s2)c1F. The first-order chi connectivity index (χ1) is 8.74. The first kappa shape index (κ1) is 11.1. The van der Waals surface area contributed by atoms with Gasteiger partial charge in [-0.2, -0.15) is 4.39 Å². The van der Waals surface area contributed by atoms with Gasteiger partial charge in [-0.3, -0.25) is 0 Å². The van der Waals surface area contributed by atoms with Gasteiger partial charge in [0, 0.05) is 0 Å². The van der Waals surface area contributed by atoms with E-state index in [4.69, 9.17) is 4.74 Å². The van der Waals surface area contributed by atoms with Crippen molar-refractivity contribution in [2.45, 2.75) is 0 Å². The summed E-state index contributed by atoms with van der Waals surface area (Å²) < 4.78 is 32.6. The standard InChI is InChI=1S/C13H7F2NOS/c14-8-4-3-6-10(12(8)15)17-13-16-9-5-1-2-7-11(9)18-13/h1-7H. The second-order valence-electron chi connectivity index (χ2n) is 3.60. The molecule has 0 spiro atoms. The molecule has 0 atom stereocenters. The monoisotopic (exact) mass is 263 g/mol. The molecule has 3 aromatic rings. The Hall–Kier alpha value is -2.01. The summed E-state index contributed by atoms with van der Waals surface area (Å²) in [6.07, 6.45) is 0. The summed E-state index contributed by atoms with van der Waals surface area (Å²) in [5.41, 5.74) is 0.773. The predicted octanol–water partition coefficient (Wildman–Crippen LogP) is 4.37. The first-order valence-corrected chi connectivity index (χ1v) is 6.03. The van der Waals surface area contributed by atoms with E-state index in [1.807, 2.05) is 24.3 Å². The highest BCUT2D eigenvalue weighted by Crippen LogP contribution is 2.32. The van der Waals surface area contributed by atoms with Crippen molar-refractivity contribution in [2.75, 3.05) is 0 Å². The topological polar surface area (TPSA) is 22.1 Å². The normalized spacial score (nSPS) is 10.8. The Balaban J connectivity index is 1.99. The smallest absolute Gasteiger partial charge is 0.279 e. The van der Waals surface area contributed by atoms with Gasteiger partial charge in [-0.25, -0.2) is 9.37 Å². The minimum absolute atomic E-state index is 0.158. The summed E-state index contributed by atoms with van der Waals surface area (Å²) >= 11 is 1.28. The molecule has 18 heavy (non-hydrogen) atoms. The highest BCUT2D eigenvalue weighted by Gasteiger charge is 2.12. The van der Waals surface area contributed by atoms with Gasteiger partial charge in [0.05, 0.1) is 10.2 Å². The summed E-state index contributed by atoms with van der Waals surface area (Å²) in [6, 6.07) is 11.3. The number of thiazole rings is 1. The van der Waals surface area contributed by atoms with Gasteiger partial charge in [-0.05, 0) is 24.3 Å². The third kappa shape index (κ3) is 1.93. The Morgan fingerprint density at radius 1 is 1.00 bits per heavy atom. The van der Waals surface area contributed by atoms with Crippen LogP contribution in [0.25, 0.3) is 10.2 Å². The molecule has 2 aromatic carbocycles. The van der Waals surface area contributed by atoms with Gasteiger partial charge in [0.15, 0.2) is 11.6 Å². The van der Waals surface area contributed by atoms with Gasteiger partial charge in [-0.15, -0.1) is 0 Å². The van der Waals surface area contributed by atoms with Gasteiger partial charge < -0.3 is 4.74 Å². The highest BCUT2D eigenvalue weighted by atomic mass is 32.1. The van der Waals surface area contributed by atoms with Crippen LogP contribution < -0.4 is 4.74 Å². The number of aromatic nitrogens is 1. The Morgan fingerprint density at radius 3 is 2.67 bits per heavy atom. The number of nitrogens with zero attached hydrogens (tertiary/aromatic N) is 1. The maximum Gasteiger partial charge on any atom is 0.279 e. The molecule has 0 bridgehead atoms. The van der Waals surface area contributed by atoms with Crippen LogP contribution in [0.15, 0.2) is 42.5 Å². The zero-order chi connectivity index (χ0) is 12.5. The minimum atomic E-state index is -1.00. The third-order valence-corrected chi connectivity index (χ3v) is 3.30. The molecule has 5 heteroatoms. The third-order valence-electron chi connectivity index (χ3n) is 2.39. The molecule has 0 N–H and O–H groups in total. The summed E-state index contributed by atoms with van der Waals surface area (Å²) in [7, 11) is 0. The molecule has 90 valence electrons. The maximum atomic E-state index is 13.4. The molecular formula is C13H7F2NOS. The van der Waals surface area contributed by atoms with Gasteiger partial charge in [0.1, 0.15) is 0 Å². The largest absolute Gasteiger partial charge is 0.428 e. The number of rotatable bonds is 2. The molecule has 0 fully saturated rings. The van der Waals surface area contributed by atoms with Crippen LogP contribution >= 0.6 is 11.3 Å². The fourth-order valence-electron chi connectivity index (χ4n) is 1.55. The second kappa shape index (κ2) is 4.34. The van der Waals surface area contributed by atoms with E-state index in [1.165, 1.54) is 23.5 Å². The van der Waals surface area contributed by atoms with E-state index < -0.39 is 11.6 Å². The quantitative estimate of drug-likeness (QED) is 0.685. The lowest BCUT2D eigenvalue weighted by molar-refractivity contribution is 0.415. The summed E-state index contributed by atoms with van der Waals surface area (Å²) in [6.45, 7) is 0. The fourth-order valence-corrected chi connectivity index (χ4v) is 2.38. The highest BCUT2D eigenvalue weighted by molar-refractivity contribution is 7.20. The molecule has 1 heterocycles. The van der Waals surface area contributed by atoms with Crippen LogP contribution in [0.1, 0.15) is 0 Å². The van der Waals surface area contributed by atoms with Crippen molar-refractivity contribution in [3.8, 4) is 10.9 Å². The van der Waals surface area contributed by atoms with E-state index in [9.17, 15) is 8.78 Å². The van der Waals surface area contributed by atoms with Crippen molar-refractivity contribution in [3.63, 3.8) is 0 Å². The molecule has 0 radical (unpaired) electrons. The number of benzene rings is 2. The minimum Gasteiger partial charge on any atom is -0.428 e. The van der Waals surface area contributed by atoms with Crippen LogP contribution in [0, 0.1) is 11.6 Å².